The van der Waals surface area contributed by atoms with Gasteiger partial charge in [0.2, 0.25) is 5.91 Å². The topological polar surface area (TPSA) is 67.2 Å². The molecular weight excluding hydrogens is 436 g/mol. The van der Waals surface area contributed by atoms with E-state index in [9.17, 15) is 4.79 Å². The minimum Gasteiger partial charge on any atom is -0.354 e. The van der Waals surface area contributed by atoms with Crippen LogP contribution in [0.5, 0.6) is 0 Å². The normalized spacial score (nSPS) is 17.8. The molecule has 1 atom stereocenters. The van der Waals surface area contributed by atoms with Gasteiger partial charge in [-0.05, 0) is 42.5 Å². The number of carbonyl (C=O) groups is 1. The van der Waals surface area contributed by atoms with Gasteiger partial charge in [-0.15, -0.1) is 10.2 Å². The third kappa shape index (κ3) is 4.30. The van der Waals surface area contributed by atoms with Crippen LogP contribution in [0.3, 0.4) is 0 Å². The van der Waals surface area contributed by atoms with Crippen molar-refractivity contribution in [1.82, 2.24) is 24.6 Å². The minimum absolute atomic E-state index is 0.00572. The number of hydrogen-bond acceptors (Lipinski definition) is 5. The van der Waals surface area contributed by atoms with Crippen LogP contribution in [-0.2, 0) is 17.8 Å². The minimum atomic E-state index is -0.00572. The number of imidazole rings is 1. The Bertz CT molecular complexity index is 1320. The Morgan fingerprint density at radius 2 is 1.63 bits per heavy atom. The number of nitrogens with zero attached hydrogens (tertiary/aromatic N) is 6. The highest BCUT2D eigenvalue weighted by atomic mass is 16.2. The molecule has 0 N–H and O–H groups in total. The number of rotatable bonds is 4. The summed E-state index contributed by atoms with van der Waals surface area (Å²) in [6, 6.07) is 22.5. The first-order valence-corrected chi connectivity index (χ1v) is 12.3. The van der Waals surface area contributed by atoms with Crippen molar-refractivity contribution in [2.45, 2.75) is 25.8 Å². The zero-order valence-corrected chi connectivity index (χ0v) is 19.6. The predicted octanol–water partition coefficient (Wildman–Crippen LogP) is 4.13. The summed E-state index contributed by atoms with van der Waals surface area (Å²) in [5.41, 5.74) is 3.67. The second kappa shape index (κ2) is 9.33. The van der Waals surface area contributed by atoms with Crippen LogP contribution in [-0.4, -0.2) is 50.2 Å². The number of benzene rings is 2. The SMILES string of the molecule is O=C(C1CCCN(c2ccc(-n3ccnc3-c3ccccc3)nn2)C1)N1CCc2ccccc2C1. The zero-order valence-electron chi connectivity index (χ0n) is 19.6. The van der Waals surface area contributed by atoms with Crippen LogP contribution >= 0.6 is 0 Å². The van der Waals surface area contributed by atoms with E-state index in [-0.39, 0.29) is 11.8 Å². The van der Waals surface area contributed by atoms with Gasteiger partial charge in [0.15, 0.2) is 11.6 Å². The lowest BCUT2D eigenvalue weighted by Crippen LogP contribution is -2.46. The molecule has 1 saturated heterocycles. The number of piperidine rings is 1. The van der Waals surface area contributed by atoms with Gasteiger partial charge in [-0.1, -0.05) is 54.6 Å². The van der Waals surface area contributed by atoms with Crippen molar-refractivity contribution in [1.29, 1.82) is 0 Å². The molecule has 35 heavy (non-hydrogen) atoms. The van der Waals surface area contributed by atoms with E-state index in [2.05, 4.69) is 44.3 Å². The van der Waals surface area contributed by atoms with Crippen LogP contribution in [0.25, 0.3) is 17.2 Å². The van der Waals surface area contributed by atoms with Crippen molar-refractivity contribution < 1.29 is 4.79 Å². The van der Waals surface area contributed by atoms with Gasteiger partial charge in [-0.3, -0.25) is 9.36 Å². The van der Waals surface area contributed by atoms with Gasteiger partial charge in [-0.2, -0.15) is 0 Å². The van der Waals surface area contributed by atoms with Gasteiger partial charge in [0.25, 0.3) is 0 Å². The smallest absolute Gasteiger partial charge is 0.227 e. The lowest BCUT2D eigenvalue weighted by Gasteiger charge is -2.37. The molecule has 2 aromatic carbocycles. The van der Waals surface area contributed by atoms with Crippen LogP contribution < -0.4 is 4.90 Å². The van der Waals surface area contributed by atoms with Crippen LogP contribution in [0.4, 0.5) is 5.82 Å². The maximum Gasteiger partial charge on any atom is 0.227 e. The Balaban J connectivity index is 1.15. The highest BCUT2D eigenvalue weighted by Crippen LogP contribution is 2.27. The van der Waals surface area contributed by atoms with Crippen molar-refractivity contribution in [3.05, 3.63) is 90.3 Å². The largest absolute Gasteiger partial charge is 0.354 e. The maximum atomic E-state index is 13.4. The van der Waals surface area contributed by atoms with E-state index < -0.39 is 0 Å². The second-order valence-electron chi connectivity index (χ2n) is 9.30. The molecule has 7 nitrogen and oxygen atoms in total. The molecule has 7 heteroatoms. The number of hydrogen-bond donors (Lipinski definition) is 0. The average Bonchev–Trinajstić information content (AvgIpc) is 3.43. The van der Waals surface area contributed by atoms with Gasteiger partial charge in [0.1, 0.15) is 5.82 Å². The number of fused-ring (bicyclic) bond motifs is 1. The fourth-order valence-corrected chi connectivity index (χ4v) is 5.23. The summed E-state index contributed by atoms with van der Waals surface area (Å²) in [5, 5.41) is 9.03. The Hall–Kier alpha value is -4.00. The standard InChI is InChI=1S/C28H28N6O/c35-28(33-17-14-21-7-4-5-10-23(21)19-33)24-11-6-16-32(20-24)25-12-13-26(31-30-25)34-18-15-29-27(34)22-8-2-1-3-9-22/h1-5,7-10,12-13,15,18,24H,6,11,14,16-17,19-20H2. The number of aromatic nitrogens is 4. The lowest BCUT2D eigenvalue weighted by molar-refractivity contribution is -0.136. The quantitative estimate of drug-likeness (QED) is 0.454. The number of anilines is 1. The van der Waals surface area contributed by atoms with Crippen LogP contribution in [0.15, 0.2) is 79.1 Å². The summed E-state index contributed by atoms with van der Waals surface area (Å²) in [4.78, 5) is 22.1. The van der Waals surface area contributed by atoms with E-state index in [1.54, 1.807) is 6.20 Å². The average molecular weight is 465 g/mol. The molecule has 2 aliphatic heterocycles. The van der Waals surface area contributed by atoms with Crippen molar-refractivity contribution in [2.75, 3.05) is 24.5 Å². The molecular formula is C28H28N6O. The van der Waals surface area contributed by atoms with Gasteiger partial charge < -0.3 is 9.80 Å². The molecule has 2 aliphatic rings. The van der Waals surface area contributed by atoms with E-state index in [1.807, 2.05) is 58.1 Å². The first-order chi connectivity index (χ1) is 17.3. The highest BCUT2D eigenvalue weighted by molar-refractivity contribution is 5.80. The third-order valence-electron chi connectivity index (χ3n) is 7.09. The molecule has 0 bridgehead atoms. The first-order valence-electron chi connectivity index (χ1n) is 12.3. The van der Waals surface area contributed by atoms with Crippen molar-refractivity contribution in [3.8, 4) is 17.2 Å². The van der Waals surface area contributed by atoms with Crippen molar-refractivity contribution in [3.63, 3.8) is 0 Å². The molecule has 1 amide bonds. The van der Waals surface area contributed by atoms with E-state index in [1.165, 1.54) is 11.1 Å². The molecule has 0 spiro atoms. The fraction of sp³-hybridized carbons (Fsp3) is 0.286. The van der Waals surface area contributed by atoms with Crippen molar-refractivity contribution >= 4 is 11.7 Å². The van der Waals surface area contributed by atoms with E-state index in [0.29, 0.717) is 13.1 Å². The fourth-order valence-electron chi connectivity index (χ4n) is 5.23. The summed E-state index contributed by atoms with van der Waals surface area (Å²) < 4.78 is 1.95. The Morgan fingerprint density at radius 1 is 0.857 bits per heavy atom. The zero-order chi connectivity index (χ0) is 23.6. The highest BCUT2D eigenvalue weighted by Gasteiger charge is 2.31. The summed E-state index contributed by atoms with van der Waals surface area (Å²) in [6.45, 7) is 3.09. The van der Waals surface area contributed by atoms with Crippen LogP contribution in [0, 0.1) is 5.92 Å². The summed E-state index contributed by atoms with van der Waals surface area (Å²) in [5.74, 6) is 2.63. The molecule has 0 aliphatic carbocycles. The molecule has 1 fully saturated rings. The molecule has 6 rings (SSSR count). The number of carbonyl (C=O) groups excluding carboxylic acids is 1. The van der Waals surface area contributed by atoms with Gasteiger partial charge in [-0.25, -0.2) is 4.98 Å². The van der Waals surface area contributed by atoms with Crippen LogP contribution in [0.2, 0.25) is 0 Å². The van der Waals surface area contributed by atoms with E-state index in [0.717, 1.165) is 55.4 Å². The maximum absolute atomic E-state index is 13.4. The summed E-state index contributed by atoms with van der Waals surface area (Å²) >= 11 is 0. The third-order valence-corrected chi connectivity index (χ3v) is 7.09. The van der Waals surface area contributed by atoms with E-state index >= 15 is 0 Å². The summed E-state index contributed by atoms with van der Waals surface area (Å²) in [7, 11) is 0. The summed E-state index contributed by atoms with van der Waals surface area (Å²) in [6.07, 6.45) is 6.51. The monoisotopic (exact) mass is 464 g/mol. The molecule has 176 valence electrons. The molecule has 4 heterocycles. The first kappa shape index (κ1) is 21.5. The molecule has 0 radical (unpaired) electrons. The van der Waals surface area contributed by atoms with Gasteiger partial charge in [0, 0.05) is 44.1 Å². The lowest BCUT2D eigenvalue weighted by atomic mass is 9.94. The predicted molar refractivity (Wildman–Crippen MR) is 135 cm³/mol. The number of amides is 1. The van der Waals surface area contributed by atoms with Crippen LogP contribution in [0.1, 0.15) is 24.0 Å². The molecule has 2 aromatic heterocycles. The molecule has 4 aromatic rings. The molecule has 0 saturated carbocycles. The van der Waals surface area contributed by atoms with Gasteiger partial charge in [0.05, 0.1) is 5.92 Å². The Morgan fingerprint density at radius 3 is 2.46 bits per heavy atom. The molecule has 1 unspecified atom stereocenters. The second-order valence-corrected chi connectivity index (χ2v) is 9.30. The Kier molecular flexibility index (Phi) is 5.74. The Labute approximate surface area is 205 Å². The van der Waals surface area contributed by atoms with Gasteiger partial charge >= 0.3 is 0 Å². The van der Waals surface area contributed by atoms with Crippen molar-refractivity contribution in [2.24, 2.45) is 5.92 Å². The van der Waals surface area contributed by atoms with E-state index in [4.69, 9.17) is 0 Å².